The van der Waals surface area contributed by atoms with Gasteiger partial charge in [0.25, 0.3) is 0 Å². The van der Waals surface area contributed by atoms with Crippen molar-refractivity contribution in [3.8, 4) is 0 Å². The van der Waals surface area contributed by atoms with Crippen LogP contribution in [0.5, 0.6) is 0 Å². The third-order valence-corrected chi connectivity index (χ3v) is 5.70. The van der Waals surface area contributed by atoms with E-state index in [2.05, 4.69) is 10.6 Å². The number of nitrogens with one attached hydrogen (secondary N) is 2. The van der Waals surface area contributed by atoms with Crippen LogP contribution in [0.3, 0.4) is 0 Å². The first-order valence-electron chi connectivity index (χ1n) is 13.0. The van der Waals surface area contributed by atoms with Gasteiger partial charge < -0.3 is 25.8 Å². The molecule has 0 unspecified atom stereocenters. The minimum absolute atomic E-state index is 0. The Bertz CT molecular complexity index is 879. The van der Waals surface area contributed by atoms with Crippen molar-refractivity contribution in [2.24, 2.45) is 23.5 Å². The second-order valence-electron chi connectivity index (χ2n) is 10.8. The summed E-state index contributed by atoms with van der Waals surface area (Å²) in [4.78, 5) is 51.4. The van der Waals surface area contributed by atoms with Gasteiger partial charge in [-0.1, -0.05) is 71.9 Å². The maximum absolute atomic E-state index is 13.3. The van der Waals surface area contributed by atoms with Crippen molar-refractivity contribution in [1.82, 2.24) is 10.6 Å². The average Bonchev–Trinajstić information content (AvgIpc) is 2.81. The Morgan fingerprint density at radius 2 is 1.26 bits per heavy atom. The van der Waals surface area contributed by atoms with Crippen LogP contribution < -0.4 is 16.4 Å². The number of esters is 2. The lowest BCUT2D eigenvalue weighted by atomic mass is 9.99. The number of hydrogen-bond donors (Lipinski definition) is 3. The van der Waals surface area contributed by atoms with Crippen LogP contribution in [0.25, 0.3) is 0 Å². The Kier molecular flexibility index (Phi) is 16.5. The van der Waals surface area contributed by atoms with E-state index in [9.17, 15) is 19.2 Å². The van der Waals surface area contributed by atoms with E-state index in [1.165, 1.54) is 7.11 Å². The SMILES string of the molecule is COC(=O)[C@H](Cc1ccccc1)OC(=O)[C@H](CC(C)C)NC(=O)[C@H](CC(C)C)NC(=O)[C@@H](N)CC(C)C.Cl. The Labute approximate surface area is 233 Å². The first-order chi connectivity index (χ1) is 17.3. The van der Waals surface area contributed by atoms with Crippen molar-refractivity contribution >= 4 is 36.2 Å². The zero-order valence-electron chi connectivity index (χ0n) is 23.7. The van der Waals surface area contributed by atoms with Gasteiger partial charge in [-0.2, -0.15) is 0 Å². The molecule has 1 aromatic rings. The van der Waals surface area contributed by atoms with Crippen molar-refractivity contribution in [1.29, 1.82) is 0 Å². The highest BCUT2D eigenvalue weighted by Crippen LogP contribution is 2.14. The van der Waals surface area contributed by atoms with E-state index in [0.717, 1.165) is 5.56 Å². The molecule has 0 aliphatic heterocycles. The number of amides is 2. The Hall–Kier alpha value is -2.65. The Morgan fingerprint density at radius 1 is 0.763 bits per heavy atom. The smallest absolute Gasteiger partial charge is 0.347 e. The van der Waals surface area contributed by atoms with Gasteiger partial charge in [-0.15, -0.1) is 12.4 Å². The van der Waals surface area contributed by atoms with E-state index in [-0.39, 0.29) is 36.6 Å². The van der Waals surface area contributed by atoms with Gasteiger partial charge in [0.1, 0.15) is 12.1 Å². The molecule has 38 heavy (non-hydrogen) atoms. The molecule has 9 nitrogen and oxygen atoms in total. The standard InChI is InChI=1S/C28H45N3O6.ClH/c1-17(2)13-21(29)25(32)30-22(14-18(3)4)26(33)31-23(15-19(5)6)27(34)37-24(28(35)36-7)16-20-11-9-8-10-12-20;/h8-12,17-19,21-24H,13-16,29H2,1-7H3,(H,30,32)(H,31,33);1H/t21-,22-,23-,24-;/m0./s1. The third-order valence-electron chi connectivity index (χ3n) is 5.70. The van der Waals surface area contributed by atoms with E-state index in [4.69, 9.17) is 15.2 Å². The molecule has 0 aliphatic carbocycles. The zero-order valence-corrected chi connectivity index (χ0v) is 24.5. The molecule has 1 rings (SSSR count). The number of carbonyl (C=O) groups excluding carboxylic acids is 4. The van der Waals surface area contributed by atoms with Gasteiger partial charge in [0.2, 0.25) is 17.9 Å². The molecule has 4 atom stereocenters. The lowest BCUT2D eigenvalue weighted by molar-refractivity contribution is -0.168. The zero-order chi connectivity index (χ0) is 28.1. The van der Waals surface area contributed by atoms with Gasteiger partial charge in [-0.05, 0) is 42.6 Å². The molecular weight excluding hydrogens is 510 g/mol. The summed E-state index contributed by atoms with van der Waals surface area (Å²) < 4.78 is 10.4. The molecule has 0 saturated carbocycles. The molecule has 0 fully saturated rings. The molecule has 0 spiro atoms. The third kappa shape index (κ3) is 13.2. The summed E-state index contributed by atoms with van der Waals surface area (Å²) in [6.07, 6.45) is 0.126. The van der Waals surface area contributed by atoms with E-state index >= 15 is 0 Å². The highest BCUT2D eigenvalue weighted by Gasteiger charge is 2.33. The molecule has 2 amide bonds. The van der Waals surface area contributed by atoms with Crippen LogP contribution in [0.4, 0.5) is 0 Å². The predicted molar refractivity (Wildman–Crippen MR) is 149 cm³/mol. The molecule has 0 aromatic heterocycles. The van der Waals surface area contributed by atoms with E-state index in [0.29, 0.717) is 19.3 Å². The van der Waals surface area contributed by atoms with E-state index in [1.54, 1.807) is 0 Å². The summed E-state index contributed by atoms with van der Waals surface area (Å²) in [5.74, 6) is -1.97. The van der Waals surface area contributed by atoms with Crippen molar-refractivity contribution in [2.45, 2.75) is 91.5 Å². The monoisotopic (exact) mass is 555 g/mol. The number of hydrogen-bond acceptors (Lipinski definition) is 7. The second-order valence-corrected chi connectivity index (χ2v) is 10.8. The topological polar surface area (TPSA) is 137 Å². The molecule has 10 heteroatoms. The van der Waals surface area contributed by atoms with Crippen molar-refractivity contribution in [3.05, 3.63) is 35.9 Å². The predicted octanol–water partition coefficient (Wildman–Crippen LogP) is 3.17. The molecule has 4 N–H and O–H groups in total. The maximum atomic E-state index is 13.3. The van der Waals surface area contributed by atoms with Crippen molar-refractivity contribution < 1.29 is 28.7 Å². The van der Waals surface area contributed by atoms with Crippen molar-refractivity contribution in [2.75, 3.05) is 7.11 Å². The highest BCUT2D eigenvalue weighted by atomic mass is 35.5. The summed E-state index contributed by atoms with van der Waals surface area (Å²) in [5, 5.41) is 5.49. The van der Waals surface area contributed by atoms with Crippen LogP contribution in [0.2, 0.25) is 0 Å². The summed E-state index contributed by atoms with van der Waals surface area (Å²) in [6, 6.07) is 6.52. The van der Waals surface area contributed by atoms with Gasteiger partial charge in [0.05, 0.1) is 13.2 Å². The summed E-state index contributed by atoms with van der Waals surface area (Å²) in [7, 11) is 1.23. The molecule has 0 radical (unpaired) electrons. The molecular formula is C28H46ClN3O6. The fraction of sp³-hybridized carbons (Fsp3) is 0.643. The Balaban J connectivity index is 0.0000137. The first-order valence-corrected chi connectivity index (χ1v) is 13.0. The van der Waals surface area contributed by atoms with Gasteiger partial charge in [-0.3, -0.25) is 9.59 Å². The first kappa shape index (κ1) is 35.4. The van der Waals surface area contributed by atoms with E-state index in [1.807, 2.05) is 71.9 Å². The average molecular weight is 556 g/mol. The van der Waals surface area contributed by atoms with Gasteiger partial charge in [0, 0.05) is 6.42 Å². The van der Waals surface area contributed by atoms with Crippen molar-refractivity contribution in [3.63, 3.8) is 0 Å². The van der Waals surface area contributed by atoms with Crippen LogP contribution in [-0.4, -0.2) is 55.1 Å². The molecule has 0 heterocycles. The number of halogens is 1. The highest BCUT2D eigenvalue weighted by molar-refractivity contribution is 5.92. The lowest BCUT2D eigenvalue weighted by Crippen LogP contribution is -2.55. The largest absolute Gasteiger partial charge is 0.466 e. The fourth-order valence-electron chi connectivity index (χ4n) is 3.91. The normalized spacial score (nSPS) is 14.2. The molecule has 0 bridgehead atoms. The Morgan fingerprint density at radius 3 is 1.76 bits per heavy atom. The lowest BCUT2D eigenvalue weighted by Gasteiger charge is -2.26. The van der Waals surface area contributed by atoms with Crippen LogP contribution in [0.15, 0.2) is 30.3 Å². The van der Waals surface area contributed by atoms with Crippen LogP contribution in [-0.2, 0) is 35.1 Å². The molecule has 216 valence electrons. The van der Waals surface area contributed by atoms with Crippen LogP contribution in [0.1, 0.15) is 66.4 Å². The maximum Gasteiger partial charge on any atom is 0.347 e. The van der Waals surface area contributed by atoms with Gasteiger partial charge in [-0.25, -0.2) is 9.59 Å². The number of benzene rings is 1. The van der Waals surface area contributed by atoms with Crippen LogP contribution >= 0.6 is 12.4 Å². The van der Waals surface area contributed by atoms with Gasteiger partial charge >= 0.3 is 11.9 Å². The number of nitrogens with two attached hydrogens (primary N) is 1. The van der Waals surface area contributed by atoms with Gasteiger partial charge in [0.15, 0.2) is 0 Å². The number of rotatable bonds is 15. The second kappa shape index (κ2) is 17.8. The molecule has 0 saturated heterocycles. The number of carbonyl (C=O) groups is 4. The summed E-state index contributed by atoms with van der Waals surface area (Å²) >= 11 is 0. The number of methoxy groups -OCH3 is 1. The summed E-state index contributed by atoms with van der Waals surface area (Å²) in [5.41, 5.74) is 6.81. The van der Waals surface area contributed by atoms with Crippen LogP contribution in [0, 0.1) is 17.8 Å². The fourth-order valence-corrected chi connectivity index (χ4v) is 3.91. The molecule has 1 aromatic carbocycles. The molecule has 0 aliphatic rings. The minimum Gasteiger partial charge on any atom is -0.466 e. The summed E-state index contributed by atoms with van der Waals surface area (Å²) in [6.45, 7) is 11.6. The van der Waals surface area contributed by atoms with E-state index < -0.39 is 48.0 Å². The minimum atomic E-state index is -1.16. The quantitative estimate of drug-likeness (QED) is 0.283. The number of ether oxygens (including phenoxy) is 2.